The first-order valence-electron chi connectivity index (χ1n) is 7.85. The fourth-order valence-electron chi connectivity index (χ4n) is 1.84. The summed E-state index contributed by atoms with van der Waals surface area (Å²) in [6, 6.07) is 3.26. The lowest BCUT2D eigenvalue weighted by Crippen LogP contribution is -2.34. The van der Waals surface area contributed by atoms with Gasteiger partial charge in [-0.25, -0.2) is 14.6 Å². The van der Waals surface area contributed by atoms with Crippen molar-refractivity contribution in [3.8, 4) is 0 Å². The van der Waals surface area contributed by atoms with Gasteiger partial charge >= 0.3 is 18.2 Å². The quantitative estimate of drug-likeness (QED) is 0.379. The lowest BCUT2D eigenvalue weighted by atomic mass is 10.2. The number of pyridine rings is 1. The van der Waals surface area contributed by atoms with Crippen LogP contribution < -0.4 is 4.90 Å². The SMILES string of the molecule is CC(Cl)OC(=O)N(C)CC(=O)OCc1cccnc1N(C)C(=O)OC(C)Cl. The number of carbonyl (C=O) groups is 3. The number of esters is 1. The molecular weight excluding hydrogens is 401 g/mol. The Balaban J connectivity index is 2.68. The number of rotatable bonds is 7. The van der Waals surface area contributed by atoms with Crippen LogP contribution in [0.3, 0.4) is 0 Å². The maximum Gasteiger partial charge on any atom is 0.416 e. The topological polar surface area (TPSA) is 98.3 Å². The summed E-state index contributed by atoms with van der Waals surface area (Å²) in [5.74, 6) is -0.428. The standard InChI is InChI=1S/C16H21Cl2N3O6/c1-10(17)26-15(23)20(3)8-13(22)25-9-12-6-5-7-19-14(12)21(4)16(24)27-11(2)18/h5-7,10-11H,8-9H2,1-4H3. The maximum atomic E-state index is 12.0. The molecule has 1 rings (SSSR count). The summed E-state index contributed by atoms with van der Waals surface area (Å²) in [4.78, 5) is 41.8. The summed E-state index contributed by atoms with van der Waals surface area (Å²) in [5.41, 5.74) is -1.16. The number of amides is 2. The molecule has 2 atom stereocenters. The van der Waals surface area contributed by atoms with Crippen LogP contribution in [0.5, 0.6) is 0 Å². The number of halogens is 2. The Morgan fingerprint density at radius 1 is 1.11 bits per heavy atom. The summed E-state index contributed by atoms with van der Waals surface area (Å²) in [6.07, 6.45) is 0.0155. The van der Waals surface area contributed by atoms with E-state index in [1.54, 1.807) is 12.1 Å². The normalized spacial score (nSPS) is 12.5. The van der Waals surface area contributed by atoms with Gasteiger partial charge in [-0.15, -0.1) is 0 Å². The summed E-state index contributed by atoms with van der Waals surface area (Å²) in [7, 11) is 2.82. The smallest absolute Gasteiger partial charge is 0.416 e. The third-order valence-electron chi connectivity index (χ3n) is 3.05. The first-order chi connectivity index (χ1) is 12.6. The molecule has 1 aromatic rings. The van der Waals surface area contributed by atoms with Gasteiger partial charge in [-0.3, -0.25) is 9.69 Å². The lowest BCUT2D eigenvalue weighted by molar-refractivity contribution is -0.145. The predicted octanol–water partition coefficient (Wildman–Crippen LogP) is 2.94. The molecular formula is C16H21Cl2N3O6. The van der Waals surface area contributed by atoms with Gasteiger partial charge in [0.2, 0.25) is 0 Å². The molecule has 0 N–H and O–H groups in total. The minimum Gasteiger partial charge on any atom is -0.459 e. The van der Waals surface area contributed by atoms with Crippen LogP contribution in [0.2, 0.25) is 0 Å². The van der Waals surface area contributed by atoms with Crippen molar-refractivity contribution in [2.75, 3.05) is 25.5 Å². The largest absolute Gasteiger partial charge is 0.459 e. The number of nitrogens with zero attached hydrogens (tertiary/aromatic N) is 3. The third kappa shape index (κ3) is 7.88. The van der Waals surface area contributed by atoms with Crippen molar-refractivity contribution in [1.82, 2.24) is 9.88 Å². The number of likely N-dealkylation sites (N-methyl/N-ethyl adjacent to an activating group) is 1. The summed E-state index contributed by atoms with van der Waals surface area (Å²) in [5, 5.41) is 0. The molecule has 0 fully saturated rings. The van der Waals surface area contributed by atoms with E-state index in [0.717, 1.165) is 9.80 Å². The average molecular weight is 422 g/mol. The van der Waals surface area contributed by atoms with Crippen molar-refractivity contribution < 1.29 is 28.6 Å². The minimum absolute atomic E-state index is 0.162. The van der Waals surface area contributed by atoms with E-state index in [1.165, 1.54) is 34.1 Å². The number of ether oxygens (including phenoxy) is 3. The van der Waals surface area contributed by atoms with E-state index in [4.69, 9.17) is 37.4 Å². The molecule has 150 valence electrons. The fraction of sp³-hybridized carbons (Fsp3) is 0.500. The van der Waals surface area contributed by atoms with Crippen LogP contribution in [0.1, 0.15) is 19.4 Å². The van der Waals surface area contributed by atoms with Gasteiger partial charge in [0.15, 0.2) is 11.1 Å². The van der Waals surface area contributed by atoms with E-state index >= 15 is 0 Å². The zero-order valence-electron chi connectivity index (χ0n) is 15.3. The van der Waals surface area contributed by atoms with Gasteiger partial charge in [-0.2, -0.15) is 0 Å². The molecule has 0 bridgehead atoms. The Labute approximate surface area is 167 Å². The highest BCUT2D eigenvalue weighted by atomic mass is 35.5. The van der Waals surface area contributed by atoms with E-state index in [1.807, 2.05) is 0 Å². The number of aromatic nitrogens is 1. The van der Waals surface area contributed by atoms with Crippen molar-refractivity contribution in [3.05, 3.63) is 23.9 Å². The zero-order chi connectivity index (χ0) is 20.6. The molecule has 0 saturated heterocycles. The highest BCUT2D eigenvalue weighted by Crippen LogP contribution is 2.18. The van der Waals surface area contributed by atoms with Crippen LogP contribution in [0.4, 0.5) is 15.4 Å². The predicted molar refractivity (Wildman–Crippen MR) is 98.7 cm³/mol. The summed E-state index contributed by atoms with van der Waals surface area (Å²) < 4.78 is 14.8. The van der Waals surface area contributed by atoms with Crippen molar-refractivity contribution in [2.45, 2.75) is 31.6 Å². The van der Waals surface area contributed by atoms with E-state index in [9.17, 15) is 14.4 Å². The second kappa shape index (κ2) is 10.8. The van der Waals surface area contributed by atoms with E-state index in [-0.39, 0.29) is 19.0 Å². The molecule has 0 aliphatic rings. The zero-order valence-corrected chi connectivity index (χ0v) is 16.9. The van der Waals surface area contributed by atoms with Crippen molar-refractivity contribution in [1.29, 1.82) is 0 Å². The van der Waals surface area contributed by atoms with Gasteiger partial charge in [-0.05, 0) is 19.9 Å². The summed E-state index contributed by atoms with van der Waals surface area (Å²) in [6.45, 7) is 2.48. The van der Waals surface area contributed by atoms with Crippen molar-refractivity contribution >= 4 is 47.2 Å². The van der Waals surface area contributed by atoms with E-state index in [2.05, 4.69) is 4.98 Å². The molecule has 1 heterocycles. The molecule has 0 aromatic carbocycles. The molecule has 2 amide bonds. The Kier molecular flexibility index (Phi) is 9.10. The molecule has 0 aliphatic heterocycles. The maximum absolute atomic E-state index is 12.0. The lowest BCUT2D eigenvalue weighted by Gasteiger charge is -2.20. The molecule has 1 aromatic heterocycles. The minimum atomic E-state index is -0.820. The highest BCUT2D eigenvalue weighted by Gasteiger charge is 2.20. The van der Waals surface area contributed by atoms with Crippen molar-refractivity contribution in [2.24, 2.45) is 0 Å². The van der Waals surface area contributed by atoms with Crippen LogP contribution in [0.25, 0.3) is 0 Å². The van der Waals surface area contributed by atoms with Gasteiger partial charge in [-0.1, -0.05) is 29.3 Å². The molecule has 0 saturated carbocycles. The third-order valence-corrected chi connectivity index (χ3v) is 3.23. The molecule has 0 spiro atoms. The van der Waals surface area contributed by atoms with Crippen molar-refractivity contribution in [3.63, 3.8) is 0 Å². The number of hydrogen-bond donors (Lipinski definition) is 0. The first-order valence-corrected chi connectivity index (χ1v) is 8.72. The van der Waals surface area contributed by atoms with Crippen LogP contribution in [0, 0.1) is 0 Å². The number of hydrogen-bond acceptors (Lipinski definition) is 7. The van der Waals surface area contributed by atoms with Gasteiger partial charge in [0, 0.05) is 25.9 Å². The second-order valence-electron chi connectivity index (χ2n) is 5.42. The highest BCUT2D eigenvalue weighted by molar-refractivity contribution is 6.20. The molecule has 0 aliphatic carbocycles. The monoisotopic (exact) mass is 421 g/mol. The second-order valence-corrected chi connectivity index (χ2v) is 6.64. The van der Waals surface area contributed by atoms with Gasteiger partial charge < -0.3 is 19.1 Å². The molecule has 27 heavy (non-hydrogen) atoms. The Hall–Kier alpha value is -2.26. The van der Waals surface area contributed by atoms with Crippen LogP contribution >= 0.6 is 23.2 Å². The van der Waals surface area contributed by atoms with Crippen LogP contribution in [-0.4, -0.2) is 59.8 Å². The number of carbonyl (C=O) groups excluding carboxylic acids is 3. The van der Waals surface area contributed by atoms with Gasteiger partial charge in [0.25, 0.3) is 0 Å². The molecule has 11 heteroatoms. The van der Waals surface area contributed by atoms with Crippen LogP contribution in [-0.2, 0) is 25.6 Å². The van der Waals surface area contributed by atoms with Gasteiger partial charge in [0.1, 0.15) is 19.0 Å². The van der Waals surface area contributed by atoms with E-state index in [0.29, 0.717) is 5.56 Å². The fourth-order valence-corrected chi connectivity index (χ4v) is 1.99. The summed E-state index contributed by atoms with van der Waals surface area (Å²) >= 11 is 11.2. The van der Waals surface area contributed by atoms with E-state index < -0.39 is 29.3 Å². The Morgan fingerprint density at radius 2 is 1.70 bits per heavy atom. The average Bonchev–Trinajstić information content (AvgIpc) is 2.58. The number of anilines is 1. The molecule has 0 radical (unpaired) electrons. The Bertz CT molecular complexity index is 671. The number of alkyl halides is 2. The molecule has 2 unspecified atom stereocenters. The van der Waals surface area contributed by atoms with Gasteiger partial charge in [0.05, 0.1) is 0 Å². The van der Waals surface area contributed by atoms with Crippen LogP contribution in [0.15, 0.2) is 18.3 Å². The first kappa shape index (κ1) is 22.8. The molecule has 9 nitrogen and oxygen atoms in total. The Morgan fingerprint density at radius 3 is 2.30 bits per heavy atom.